The molecule has 0 atom stereocenters. The van der Waals surface area contributed by atoms with Crippen molar-refractivity contribution >= 4 is 41.5 Å². The molecule has 1 amide bonds. The summed E-state index contributed by atoms with van der Waals surface area (Å²) in [6, 6.07) is 20.0. The molecular weight excluding hydrogens is 505 g/mol. The molecule has 0 spiro atoms. The lowest BCUT2D eigenvalue weighted by Gasteiger charge is -2.22. The zero-order chi connectivity index (χ0) is 25.1. The Labute approximate surface area is 231 Å². The number of carbonyl (C=O) groups is 1. The normalized spacial score (nSPS) is 10.6. The van der Waals surface area contributed by atoms with Crippen LogP contribution in [0.5, 0.6) is 5.75 Å². The highest BCUT2D eigenvalue weighted by Crippen LogP contribution is 2.34. The summed E-state index contributed by atoms with van der Waals surface area (Å²) in [5.74, 6) is 0.399. The molecule has 196 valence electrons. The van der Waals surface area contributed by atoms with Gasteiger partial charge in [-0.1, -0.05) is 67.9 Å². The second-order valence-corrected chi connectivity index (χ2v) is 9.49. The van der Waals surface area contributed by atoms with E-state index in [2.05, 4.69) is 45.0 Å². The fraction of sp³-hybridized carbons (Fsp3) is 0.267. The molecule has 4 aromatic rings. The van der Waals surface area contributed by atoms with E-state index < -0.39 is 5.91 Å². The molecule has 0 saturated heterocycles. The van der Waals surface area contributed by atoms with Crippen LogP contribution < -0.4 is 16.2 Å². The molecule has 0 radical (unpaired) electrons. The summed E-state index contributed by atoms with van der Waals surface area (Å²) in [5.41, 5.74) is 19.6. The van der Waals surface area contributed by atoms with Crippen molar-refractivity contribution < 1.29 is 9.53 Å². The predicted molar refractivity (Wildman–Crippen MR) is 157 cm³/mol. The number of fused-ring (bicyclic) bond motifs is 1. The number of amides is 1. The third-order valence-corrected chi connectivity index (χ3v) is 6.32. The van der Waals surface area contributed by atoms with Crippen LogP contribution in [0, 0.1) is 19.8 Å². The lowest BCUT2D eigenvalue weighted by molar-refractivity contribution is 0.0996. The Morgan fingerprint density at radius 3 is 2.14 bits per heavy atom. The van der Waals surface area contributed by atoms with Crippen molar-refractivity contribution in [3.05, 3.63) is 94.3 Å². The summed E-state index contributed by atoms with van der Waals surface area (Å²) in [6.45, 7) is 9.08. The van der Waals surface area contributed by atoms with Gasteiger partial charge in [-0.25, -0.2) is 0 Å². The maximum Gasteiger partial charge on any atom is 0.252 e. The Kier molecular flexibility index (Phi) is 10.5. The molecule has 0 aliphatic heterocycles. The second kappa shape index (κ2) is 12.9. The van der Waals surface area contributed by atoms with Crippen LogP contribution >= 0.6 is 24.8 Å². The van der Waals surface area contributed by atoms with Gasteiger partial charge in [0, 0.05) is 23.5 Å². The van der Waals surface area contributed by atoms with Gasteiger partial charge in [0.15, 0.2) is 0 Å². The quantitative estimate of drug-likeness (QED) is 0.260. The lowest BCUT2D eigenvalue weighted by Crippen LogP contribution is -2.16. The van der Waals surface area contributed by atoms with Crippen LogP contribution in [0.1, 0.15) is 52.3 Å². The van der Waals surface area contributed by atoms with Gasteiger partial charge in [-0.05, 0) is 65.8 Å². The maximum atomic E-state index is 12.2. The van der Waals surface area contributed by atoms with E-state index >= 15 is 0 Å². The molecule has 0 unspecified atom stereocenters. The van der Waals surface area contributed by atoms with Crippen molar-refractivity contribution in [3.63, 3.8) is 0 Å². The number of nitrogens with zero attached hydrogens (tertiary/aromatic N) is 1. The molecule has 0 saturated carbocycles. The summed E-state index contributed by atoms with van der Waals surface area (Å²) < 4.78 is 6.30. The van der Waals surface area contributed by atoms with E-state index in [0.717, 1.165) is 50.8 Å². The summed E-state index contributed by atoms with van der Waals surface area (Å²) in [6.07, 6.45) is 0.851. The average Bonchev–Trinajstić information content (AvgIpc) is 2.82. The first-order valence-corrected chi connectivity index (χ1v) is 12.0. The van der Waals surface area contributed by atoms with Crippen LogP contribution in [0.15, 0.2) is 60.7 Å². The van der Waals surface area contributed by atoms with E-state index in [1.54, 1.807) is 6.07 Å². The van der Waals surface area contributed by atoms with Gasteiger partial charge in [-0.2, -0.15) is 0 Å². The van der Waals surface area contributed by atoms with Crippen molar-refractivity contribution in [2.75, 3.05) is 0 Å². The first kappa shape index (κ1) is 30.1. The zero-order valence-corrected chi connectivity index (χ0v) is 23.3. The highest BCUT2D eigenvalue weighted by Gasteiger charge is 2.21. The Morgan fingerprint density at radius 2 is 1.57 bits per heavy atom. The monoisotopic (exact) mass is 539 g/mol. The van der Waals surface area contributed by atoms with Crippen molar-refractivity contribution in [3.8, 4) is 16.9 Å². The van der Waals surface area contributed by atoms with Crippen LogP contribution in [0.3, 0.4) is 0 Å². The highest BCUT2D eigenvalue weighted by atomic mass is 35.5. The number of hydrogen-bond donors (Lipinski definition) is 2. The number of nitrogens with two attached hydrogens (primary N) is 2. The van der Waals surface area contributed by atoms with Crippen LogP contribution in [-0.4, -0.2) is 10.9 Å². The molecule has 0 fully saturated rings. The van der Waals surface area contributed by atoms with Crippen molar-refractivity contribution in [2.24, 2.45) is 17.4 Å². The largest absolute Gasteiger partial charge is 0.488 e. The molecule has 0 bridgehead atoms. The molecule has 1 aromatic heterocycles. The number of primary amides is 1. The molecule has 5 nitrogen and oxygen atoms in total. The minimum Gasteiger partial charge on any atom is -0.488 e. The molecule has 3 aromatic carbocycles. The van der Waals surface area contributed by atoms with E-state index in [9.17, 15) is 4.79 Å². The molecular formula is C30H35Cl2N3O2. The minimum atomic E-state index is -0.519. The van der Waals surface area contributed by atoms with Gasteiger partial charge < -0.3 is 16.2 Å². The molecule has 4 rings (SSSR count). The van der Waals surface area contributed by atoms with Crippen LogP contribution in [0.25, 0.3) is 21.9 Å². The zero-order valence-electron chi connectivity index (χ0n) is 21.7. The van der Waals surface area contributed by atoms with E-state index in [-0.39, 0.29) is 31.4 Å². The van der Waals surface area contributed by atoms with Crippen LogP contribution in [-0.2, 0) is 19.6 Å². The first-order valence-electron chi connectivity index (χ1n) is 12.0. The minimum absolute atomic E-state index is 0. The first-order chi connectivity index (χ1) is 16.8. The van der Waals surface area contributed by atoms with Gasteiger partial charge in [-0.3, -0.25) is 9.78 Å². The fourth-order valence-electron chi connectivity index (χ4n) is 4.55. The van der Waals surface area contributed by atoms with Crippen molar-refractivity contribution in [1.29, 1.82) is 0 Å². The number of rotatable bonds is 8. The third kappa shape index (κ3) is 6.61. The number of aryl methyl sites for hydroxylation is 2. The lowest BCUT2D eigenvalue weighted by atomic mass is 9.90. The summed E-state index contributed by atoms with van der Waals surface area (Å²) in [7, 11) is 0. The molecule has 0 aliphatic rings. The predicted octanol–water partition coefficient (Wildman–Crippen LogP) is 6.70. The van der Waals surface area contributed by atoms with E-state index in [1.165, 1.54) is 5.56 Å². The molecule has 0 aliphatic carbocycles. The Balaban J connectivity index is 0.00000241. The molecule has 4 N–H and O–H groups in total. The van der Waals surface area contributed by atoms with Gasteiger partial charge in [0.2, 0.25) is 0 Å². The topological polar surface area (TPSA) is 91.2 Å². The summed E-state index contributed by atoms with van der Waals surface area (Å²) >= 11 is 0. The Morgan fingerprint density at radius 1 is 0.946 bits per heavy atom. The number of halogens is 2. The number of pyridine rings is 1. The smallest absolute Gasteiger partial charge is 0.252 e. The maximum absolute atomic E-state index is 12.2. The molecule has 1 heterocycles. The van der Waals surface area contributed by atoms with Crippen LogP contribution in [0.2, 0.25) is 0 Å². The summed E-state index contributed by atoms with van der Waals surface area (Å²) in [5, 5.41) is 1.92. The third-order valence-electron chi connectivity index (χ3n) is 6.32. The SMILES string of the molecule is Cc1ccc(-c2c(COc3cc4ccccc4cc3C(N)=O)c(C)nc(CC(C)C)c2CN)cc1.Cl.Cl. The van der Waals surface area contributed by atoms with Gasteiger partial charge in [0.05, 0.1) is 5.56 Å². The fourth-order valence-corrected chi connectivity index (χ4v) is 4.55. The van der Waals surface area contributed by atoms with E-state index in [1.807, 2.05) is 37.3 Å². The van der Waals surface area contributed by atoms with E-state index in [0.29, 0.717) is 23.8 Å². The van der Waals surface area contributed by atoms with Gasteiger partial charge in [0.1, 0.15) is 12.4 Å². The number of ether oxygens (including phenoxy) is 1. The number of benzene rings is 3. The average molecular weight is 541 g/mol. The van der Waals surface area contributed by atoms with Crippen molar-refractivity contribution in [1.82, 2.24) is 4.98 Å². The van der Waals surface area contributed by atoms with E-state index in [4.69, 9.17) is 21.2 Å². The number of carbonyl (C=O) groups excluding carboxylic acids is 1. The standard InChI is InChI=1S/C30H33N3O2.2ClH/c1-18(2)13-27-25(16-31)29(21-11-9-19(3)10-12-21)26(20(4)33-27)17-35-28-15-23-8-6-5-7-22(23)14-24(28)30(32)34;;/h5-12,14-15,18H,13,16-17,31H2,1-4H3,(H2,32,34);2*1H. The summed E-state index contributed by atoms with van der Waals surface area (Å²) in [4.78, 5) is 17.2. The molecule has 37 heavy (non-hydrogen) atoms. The van der Waals surface area contributed by atoms with Crippen molar-refractivity contribution in [2.45, 2.75) is 47.3 Å². The Bertz CT molecular complexity index is 1390. The second-order valence-electron chi connectivity index (χ2n) is 9.49. The Hall–Kier alpha value is -3.12. The van der Waals surface area contributed by atoms with Crippen LogP contribution in [0.4, 0.5) is 0 Å². The van der Waals surface area contributed by atoms with Gasteiger partial charge in [-0.15, -0.1) is 24.8 Å². The molecule has 7 heteroatoms. The highest BCUT2D eigenvalue weighted by molar-refractivity contribution is 6.00. The van der Waals surface area contributed by atoms with Gasteiger partial charge in [0.25, 0.3) is 5.91 Å². The number of hydrogen-bond acceptors (Lipinski definition) is 4. The number of aromatic nitrogens is 1. The van der Waals surface area contributed by atoms with Gasteiger partial charge >= 0.3 is 0 Å².